The third-order valence-corrected chi connectivity index (χ3v) is 2.22. The first kappa shape index (κ1) is 7.46. The zero-order chi connectivity index (χ0) is 6.69. The average Bonchev–Trinajstić information content (AvgIpc) is 2.43. The fourth-order valence-electron chi connectivity index (χ4n) is 1.66. The predicted molar refractivity (Wildman–Crippen MR) is 44.9 cm³/mol. The Bertz CT molecular complexity index is 72.6. The van der Waals surface area contributed by atoms with E-state index in [1.54, 1.807) is 31.0 Å². The summed E-state index contributed by atoms with van der Waals surface area (Å²) in [5.41, 5.74) is 0. The number of hydrogen-bond donors (Lipinski definition) is 0. The first-order chi connectivity index (χ1) is 4.38. The molecule has 2 atom stereocenters. The molecule has 0 amide bonds. The van der Waals surface area contributed by atoms with Crippen molar-refractivity contribution >= 4 is 11.8 Å². The molecule has 54 valence electrons. The van der Waals surface area contributed by atoms with Gasteiger partial charge >= 0.3 is 0 Å². The number of thioether (sulfide) groups is 1. The van der Waals surface area contributed by atoms with Crippen molar-refractivity contribution in [2.24, 2.45) is 11.8 Å². The van der Waals surface area contributed by atoms with Gasteiger partial charge in [0.2, 0.25) is 0 Å². The minimum Gasteiger partial charge on any atom is -0.169 e. The van der Waals surface area contributed by atoms with Gasteiger partial charge in [-0.3, -0.25) is 0 Å². The molecule has 1 heteroatoms. The van der Waals surface area contributed by atoms with Crippen LogP contribution >= 0.6 is 11.8 Å². The highest BCUT2D eigenvalue weighted by Gasteiger charge is 2.40. The van der Waals surface area contributed by atoms with Crippen LogP contribution in [0.1, 0.15) is 25.7 Å². The Balaban J connectivity index is 0.000000120. The van der Waals surface area contributed by atoms with Crippen molar-refractivity contribution < 1.29 is 0 Å². The van der Waals surface area contributed by atoms with Gasteiger partial charge in [-0.1, -0.05) is 19.3 Å². The molecule has 0 bridgehead atoms. The molecule has 2 aliphatic rings. The van der Waals surface area contributed by atoms with E-state index in [1.807, 2.05) is 12.5 Å². The molecule has 2 fully saturated rings. The SMILES string of the molecule is C1CC2CC2C1.CSC. The summed E-state index contributed by atoms with van der Waals surface area (Å²) in [7, 11) is 0. The molecule has 0 N–H and O–H groups in total. The van der Waals surface area contributed by atoms with Gasteiger partial charge < -0.3 is 0 Å². The first-order valence-electron chi connectivity index (χ1n) is 3.78. The Hall–Kier alpha value is 0.350. The molecule has 0 aromatic rings. The number of rotatable bonds is 0. The maximum Gasteiger partial charge on any atom is -0.0187 e. The largest absolute Gasteiger partial charge is 0.169 e. The molecule has 0 heterocycles. The molecule has 0 saturated heterocycles. The van der Waals surface area contributed by atoms with Gasteiger partial charge in [-0.2, -0.15) is 11.8 Å². The lowest BCUT2D eigenvalue weighted by Gasteiger charge is -1.80. The van der Waals surface area contributed by atoms with Crippen LogP contribution in [0, 0.1) is 11.8 Å². The highest BCUT2D eigenvalue weighted by atomic mass is 32.2. The van der Waals surface area contributed by atoms with E-state index in [-0.39, 0.29) is 0 Å². The summed E-state index contributed by atoms with van der Waals surface area (Å²) < 4.78 is 0. The average molecular weight is 144 g/mol. The second-order valence-electron chi connectivity index (χ2n) is 3.10. The zero-order valence-electron chi connectivity index (χ0n) is 6.39. The van der Waals surface area contributed by atoms with Gasteiger partial charge in [0.25, 0.3) is 0 Å². The lowest BCUT2D eigenvalue weighted by atomic mass is 10.3. The first-order valence-corrected chi connectivity index (χ1v) is 5.42. The zero-order valence-corrected chi connectivity index (χ0v) is 7.21. The van der Waals surface area contributed by atoms with Gasteiger partial charge in [0.15, 0.2) is 0 Å². The van der Waals surface area contributed by atoms with Crippen molar-refractivity contribution in [2.75, 3.05) is 12.5 Å². The van der Waals surface area contributed by atoms with Gasteiger partial charge in [0, 0.05) is 0 Å². The molecule has 2 aliphatic carbocycles. The van der Waals surface area contributed by atoms with E-state index in [1.165, 1.54) is 18.3 Å². The maximum absolute atomic E-state index is 2.04. The molecule has 2 rings (SSSR count). The number of hydrogen-bond acceptors (Lipinski definition) is 1. The van der Waals surface area contributed by atoms with Crippen LogP contribution in [0.5, 0.6) is 0 Å². The number of fused-ring (bicyclic) bond motifs is 1. The highest BCUT2D eigenvalue weighted by molar-refractivity contribution is 7.97. The molecular weight excluding hydrogens is 128 g/mol. The van der Waals surface area contributed by atoms with Gasteiger partial charge in [0.05, 0.1) is 0 Å². The summed E-state index contributed by atoms with van der Waals surface area (Å²) >= 11 is 1.75. The monoisotopic (exact) mass is 144 g/mol. The van der Waals surface area contributed by atoms with Crippen LogP contribution in [0.15, 0.2) is 0 Å². The minimum absolute atomic E-state index is 1.21. The van der Waals surface area contributed by atoms with Crippen LogP contribution < -0.4 is 0 Å². The Morgan fingerprint density at radius 2 is 1.56 bits per heavy atom. The molecule has 2 saturated carbocycles. The molecule has 0 aromatic carbocycles. The van der Waals surface area contributed by atoms with E-state index in [0.717, 1.165) is 0 Å². The van der Waals surface area contributed by atoms with Crippen molar-refractivity contribution in [1.29, 1.82) is 0 Å². The van der Waals surface area contributed by atoms with Crippen LogP contribution in [0.25, 0.3) is 0 Å². The van der Waals surface area contributed by atoms with E-state index in [4.69, 9.17) is 0 Å². The summed E-state index contributed by atoms with van der Waals surface area (Å²) in [5.74, 6) is 2.43. The van der Waals surface area contributed by atoms with Gasteiger partial charge in [-0.05, 0) is 30.8 Å². The van der Waals surface area contributed by atoms with Crippen molar-refractivity contribution in [3.8, 4) is 0 Å². The summed E-state index contributed by atoms with van der Waals surface area (Å²) in [4.78, 5) is 0. The molecule has 0 aromatic heterocycles. The van der Waals surface area contributed by atoms with E-state index < -0.39 is 0 Å². The van der Waals surface area contributed by atoms with Crippen LogP contribution in [-0.2, 0) is 0 Å². The summed E-state index contributed by atoms with van der Waals surface area (Å²) in [6, 6.07) is 0. The second-order valence-corrected chi connectivity index (χ2v) is 3.91. The van der Waals surface area contributed by atoms with Crippen molar-refractivity contribution in [3.05, 3.63) is 0 Å². The van der Waals surface area contributed by atoms with Crippen LogP contribution in [0.3, 0.4) is 0 Å². The molecular formula is C8H16S. The van der Waals surface area contributed by atoms with Crippen molar-refractivity contribution in [2.45, 2.75) is 25.7 Å². The van der Waals surface area contributed by atoms with E-state index >= 15 is 0 Å². The van der Waals surface area contributed by atoms with Crippen LogP contribution in [-0.4, -0.2) is 12.5 Å². The summed E-state index contributed by atoms with van der Waals surface area (Å²) in [6.45, 7) is 0. The van der Waals surface area contributed by atoms with E-state index in [0.29, 0.717) is 0 Å². The fraction of sp³-hybridized carbons (Fsp3) is 1.00. The quantitative estimate of drug-likeness (QED) is 0.504. The fourth-order valence-corrected chi connectivity index (χ4v) is 1.66. The molecule has 9 heavy (non-hydrogen) atoms. The molecule has 0 radical (unpaired) electrons. The smallest absolute Gasteiger partial charge is 0.0187 e. The second kappa shape index (κ2) is 3.50. The lowest BCUT2D eigenvalue weighted by Crippen LogP contribution is -1.64. The third-order valence-electron chi connectivity index (χ3n) is 2.22. The standard InChI is InChI=1S/C6H10.C2H6S/c1-2-5-4-6(5)3-1;1-3-2/h5-6H,1-4H2;1-2H3. The maximum atomic E-state index is 2.04. The van der Waals surface area contributed by atoms with E-state index in [2.05, 4.69) is 0 Å². The molecule has 0 nitrogen and oxygen atoms in total. The van der Waals surface area contributed by atoms with Crippen molar-refractivity contribution in [1.82, 2.24) is 0 Å². The van der Waals surface area contributed by atoms with Crippen LogP contribution in [0.2, 0.25) is 0 Å². The Labute approximate surface area is 62.4 Å². The molecule has 0 spiro atoms. The predicted octanol–water partition coefficient (Wildman–Crippen LogP) is 2.79. The van der Waals surface area contributed by atoms with Crippen molar-refractivity contribution in [3.63, 3.8) is 0 Å². The highest BCUT2D eigenvalue weighted by Crippen LogP contribution is 2.51. The molecule has 2 unspecified atom stereocenters. The topological polar surface area (TPSA) is 0 Å². The third kappa shape index (κ3) is 2.21. The minimum atomic E-state index is 1.21. The van der Waals surface area contributed by atoms with Crippen LogP contribution in [0.4, 0.5) is 0 Å². The summed E-state index contributed by atoms with van der Waals surface area (Å²) in [5, 5.41) is 0. The molecule has 0 aliphatic heterocycles. The van der Waals surface area contributed by atoms with Gasteiger partial charge in [0.1, 0.15) is 0 Å². The van der Waals surface area contributed by atoms with E-state index in [9.17, 15) is 0 Å². The Kier molecular flexibility index (Phi) is 2.90. The lowest BCUT2D eigenvalue weighted by molar-refractivity contribution is 0.735. The normalized spacial score (nSPS) is 36.7. The van der Waals surface area contributed by atoms with Gasteiger partial charge in [-0.15, -0.1) is 0 Å². The Morgan fingerprint density at radius 3 is 1.67 bits per heavy atom. The van der Waals surface area contributed by atoms with Gasteiger partial charge in [-0.25, -0.2) is 0 Å². The Morgan fingerprint density at radius 1 is 1.11 bits per heavy atom. The summed E-state index contributed by atoms with van der Waals surface area (Å²) in [6.07, 6.45) is 10.3.